The van der Waals surface area contributed by atoms with Crippen LogP contribution >= 0.6 is 0 Å². The molecule has 1 aromatic carbocycles. The van der Waals surface area contributed by atoms with Gasteiger partial charge in [0, 0.05) is 0 Å². The molecule has 0 aliphatic heterocycles. The number of aliphatic carboxylic acids is 1. The van der Waals surface area contributed by atoms with Crippen LogP contribution < -0.4 is 0 Å². The Morgan fingerprint density at radius 1 is 0.960 bits per heavy atom. The van der Waals surface area contributed by atoms with Crippen molar-refractivity contribution < 1.29 is 9.90 Å². The van der Waals surface area contributed by atoms with Crippen molar-refractivity contribution in [3.8, 4) is 0 Å². The zero-order valence-electron chi connectivity index (χ0n) is 16.2. The lowest BCUT2D eigenvalue weighted by atomic mass is 9.67. The zero-order valence-corrected chi connectivity index (χ0v) is 16.2. The smallest absolute Gasteiger partial charge is 0.314 e. The van der Waals surface area contributed by atoms with Gasteiger partial charge in [0.05, 0.1) is 5.41 Å². The summed E-state index contributed by atoms with van der Waals surface area (Å²) < 4.78 is 0. The fourth-order valence-corrected chi connectivity index (χ4v) is 5.15. The molecule has 0 spiro atoms. The molecule has 138 valence electrons. The second kappa shape index (κ2) is 7.13. The van der Waals surface area contributed by atoms with Gasteiger partial charge in [-0.05, 0) is 66.9 Å². The summed E-state index contributed by atoms with van der Waals surface area (Å²) in [6, 6.07) is 8.67. The Balaban J connectivity index is 1.71. The number of hydrogen-bond donors (Lipinski definition) is 1. The molecule has 2 nitrogen and oxygen atoms in total. The predicted molar refractivity (Wildman–Crippen MR) is 103 cm³/mol. The molecule has 2 aliphatic carbocycles. The summed E-state index contributed by atoms with van der Waals surface area (Å²) in [6.07, 6.45) is 9.98. The van der Waals surface area contributed by atoms with Gasteiger partial charge in [-0.1, -0.05) is 64.3 Å². The monoisotopic (exact) mass is 342 g/mol. The van der Waals surface area contributed by atoms with Crippen LogP contribution in [-0.4, -0.2) is 11.1 Å². The third-order valence-corrected chi connectivity index (χ3v) is 7.00. The molecule has 25 heavy (non-hydrogen) atoms. The standard InChI is InChI=1S/C23H34O2/c1-22(2,3)19-11-7-17(8-12-19)18-9-13-20(14-10-18)23(21(24)25)15-5-4-6-16-23/h9-10,13-14,17,19H,4-8,11-12,15-16H2,1-3H3,(H,24,25). The van der Waals surface area contributed by atoms with E-state index < -0.39 is 11.4 Å². The summed E-state index contributed by atoms with van der Waals surface area (Å²) in [7, 11) is 0. The number of carboxylic acids is 1. The van der Waals surface area contributed by atoms with E-state index in [0.29, 0.717) is 11.3 Å². The number of benzene rings is 1. The maximum absolute atomic E-state index is 12.0. The maximum Gasteiger partial charge on any atom is 0.314 e. The molecule has 2 saturated carbocycles. The van der Waals surface area contributed by atoms with E-state index in [-0.39, 0.29) is 0 Å². The summed E-state index contributed by atoms with van der Waals surface area (Å²) in [6.45, 7) is 7.09. The van der Waals surface area contributed by atoms with Gasteiger partial charge in [0.25, 0.3) is 0 Å². The van der Waals surface area contributed by atoms with Crippen molar-refractivity contribution in [1.82, 2.24) is 0 Å². The molecule has 2 fully saturated rings. The highest BCUT2D eigenvalue weighted by molar-refractivity contribution is 5.81. The van der Waals surface area contributed by atoms with Crippen LogP contribution in [0.3, 0.4) is 0 Å². The van der Waals surface area contributed by atoms with Crippen LogP contribution in [0.15, 0.2) is 24.3 Å². The Hall–Kier alpha value is -1.31. The molecule has 1 N–H and O–H groups in total. The molecule has 2 aliphatic rings. The second-order valence-corrected chi connectivity index (χ2v) is 9.48. The van der Waals surface area contributed by atoms with Gasteiger partial charge in [0.2, 0.25) is 0 Å². The van der Waals surface area contributed by atoms with E-state index in [2.05, 4.69) is 45.0 Å². The Morgan fingerprint density at radius 3 is 2.00 bits per heavy atom. The summed E-state index contributed by atoms with van der Waals surface area (Å²) in [5, 5.41) is 9.87. The molecule has 0 heterocycles. The van der Waals surface area contributed by atoms with E-state index in [1.54, 1.807) is 0 Å². The second-order valence-electron chi connectivity index (χ2n) is 9.48. The molecule has 3 rings (SSSR count). The van der Waals surface area contributed by atoms with Crippen molar-refractivity contribution >= 4 is 5.97 Å². The SMILES string of the molecule is CC(C)(C)C1CCC(c2ccc(C3(C(=O)O)CCCCC3)cc2)CC1. The third-order valence-electron chi connectivity index (χ3n) is 7.00. The van der Waals surface area contributed by atoms with E-state index in [9.17, 15) is 9.90 Å². The molecule has 0 bridgehead atoms. The van der Waals surface area contributed by atoms with Gasteiger partial charge in [0.15, 0.2) is 0 Å². The van der Waals surface area contributed by atoms with Crippen molar-refractivity contribution in [2.24, 2.45) is 11.3 Å². The average Bonchev–Trinajstić information content (AvgIpc) is 2.62. The predicted octanol–water partition coefficient (Wildman–Crippen LogP) is 6.29. The highest BCUT2D eigenvalue weighted by Crippen LogP contribution is 2.44. The van der Waals surface area contributed by atoms with Gasteiger partial charge < -0.3 is 5.11 Å². The van der Waals surface area contributed by atoms with Crippen LogP contribution in [0.25, 0.3) is 0 Å². The van der Waals surface area contributed by atoms with Crippen LogP contribution in [-0.2, 0) is 10.2 Å². The van der Waals surface area contributed by atoms with Gasteiger partial charge in [0.1, 0.15) is 0 Å². The average molecular weight is 343 g/mol. The Labute approximate surface area is 153 Å². The first kappa shape index (κ1) is 18.5. The topological polar surface area (TPSA) is 37.3 Å². The van der Waals surface area contributed by atoms with Gasteiger partial charge in [-0.15, -0.1) is 0 Å². The minimum absolute atomic E-state index is 0.420. The molecular formula is C23H34O2. The van der Waals surface area contributed by atoms with Crippen molar-refractivity contribution in [3.05, 3.63) is 35.4 Å². The molecule has 0 atom stereocenters. The van der Waals surface area contributed by atoms with Crippen LogP contribution in [0.1, 0.15) is 95.6 Å². The van der Waals surface area contributed by atoms with E-state index in [4.69, 9.17) is 0 Å². The third kappa shape index (κ3) is 3.78. The Bertz CT molecular complexity index is 580. The number of carboxylic acid groups (broad SMARTS) is 1. The van der Waals surface area contributed by atoms with Crippen molar-refractivity contribution in [2.75, 3.05) is 0 Å². The zero-order chi connectivity index (χ0) is 18.1. The van der Waals surface area contributed by atoms with Gasteiger partial charge in [-0.3, -0.25) is 4.79 Å². The Morgan fingerprint density at radius 2 is 1.52 bits per heavy atom. The van der Waals surface area contributed by atoms with Crippen LogP contribution in [0.2, 0.25) is 0 Å². The van der Waals surface area contributed by atoms with Gasteiger partial charge in [-0.25, -0.2) is 0 Å². The number of carbonyl (C=O) groups is 1. The lowest BCUT2D eigenvalue weighted by Gasteiger charge is -2.37. The van der Waals surface area contributed by atoms with Gasteiger partial charge >= 0.3 is 5.97 Å². The van der Waals surface area contributed by atoms with E-state index in [1.807, 2.05) is 0 Å². The highest BCUT2D eigenvalue weighted by Gasteiger charge is 2.41. The summed E-state index contributed by atoms with van der Waals surface area (Å²) in [4.78, 5) is 12.0. The van der Waals surface area contributed by atoms with E-state index >= 15 is 0 Å². The fourth-order valence-electron chi connectivity index (χ4n) is 5.15. The Kier molecular flexibility index (Phi) is 5.27. The molecule has 0 saturated heterocycles. The van der Waals surface area contributed by atoms with E-state index in [0.717, 1.165) is 37.2 Å². The van der Waals surface area contributed by atoms with Crippen molar-refractivity contribution in [1.29, 1.82) is 0 Å². The first-order chi connectivity index (χ1) is 11.8. The first-order valence-electron chi connectivity index (χ1n) is 10.2. The van der Waals surface area contributed by atoms with Crippen LogP contribution in [0.4, 0.5) is 0 Å². The maximum atomic E-state index is 12.0. The van der Waals surface area contributed by atoms with Crippen LogP contribution in [0, 0.1) is 11.3 Å². The van der Waals surface area contributed by atoms with Crippen molar-refractivity contribution in [3.63, 3.8) is 0 Å². The molecule has 0 amide bonds. The normalized spacial score (nSPS) is 27.0. The highest BCUT2D eigenvalue weighted by atomic mass is 16.4. The minimum Gasteiger partial charge on any atom is -0.481 e. The number of rotatable bonds is 3. The molecule has 2 heteroatoms. The van der Waals surface area contributed by atoms with E-state index in [1.165, 1.54) is 37.7 Å². The lowest BCUT2D eigenvalue weighted by molar-refractivity contribution is -0.145. The lowest BCUT2D eigenvalue weighted by Crippen LogP contribution is -2.37. The summed E-state index contributed by atoms with van der Waals surface area (Å²) >= 11 is 0. The summed E-state index contributed by atoms with van der Waals surface area (Å²) in [5.41, 5.74) is 2.21. The minimum atomic E-state index is -0.638. The molecule has 0 radical (unpaired) electrons. The number of hydrogen-bond acceptors (Lipinski definition) is 1. The molecule has 0 aromatic heterocycles. The fraction of sp³-hybridized carbons (Fsp3) is 0.696. The molecular weight excluding hydrogens is 308 g/mol. The first-order valence-corrected chi connectivity index (χ1v) is 10.2. The summed E-state index contributed by atoms with van der Waals surface area (Å²) in [5.74, 6) is 0.853. The largest absolute Gasteiger partial charge is 0.481 e. The molecule has 0 unspecified atom stereocenters. The quantitative estimate of drug-likeness (QED) is 0.700. The van der Waals surface area contributed by atoms with Crippen LogP contribution in [0.5, 0.6) is 0 Å². The van der Waals surface area contributed by atoms with Gasteiger partial charge in [-0.2, -0.15) is 0 Å². The molecule has 1 aromatic rings. The van der Waals surface area contributed by atoms with Crippen molar-refractivity contribution in [2.45, 2.75) is 89.9 Å².